The highest BCUT2D eigenvalue weighted by molar-refractivity contribution is 5.63. The maximum absolute atomic E-state index is 6.00. The maximum Gasteiger partial charge on any atom is 0.154 e. The molecule has 0 spiro atoms. The van der Waals surface area contributed by atoms with Crippen molar-refractivity contribution in [3.8, 4) is 11.3 Å². The lowest BCUT2D eigenvalue weighted by molar-refractivity contribution is 0.356. The van der Waals surface area contributed by atoms with Crippen LogP contribution in [0.5, 0.6) is 0 Å². The van der Waals surface area contributed by atoms with Gasteiger partial charge in [0.15, 0.2) is 5.76 Å². The molecule has 2 N–H and O–H groups in total. The van der Waals surface area contributed by atoms with Gasteiger partial charge in [-0.3, -0.25) is 0 Å². The molecule has 0 saturated carbocycles. The lowest BCUT2D eigenvalue weighted by Gasteiger charge is -2.03. The Balaban J connectivity index is 2.27. The summed E-state index contributed by atoms with van der Waals surface area (Å²) in [6.45, 7) is 4.17. The average Bonchev–Trinajstić information content (AvgIpc) is 2.79. The lowest BCUT2D eigenvalue weighted by Crippen LogP contribution is -2.08. The summed E-state index contributed by atoms with van der Waals surface area (Å²) in [4.78, 5) is 0. The van der Waals surface area contributed by atoms with Crippen LogP contribution in [0, 0.1) is 6.92 Å². The first-order valence-electron chi connectivity index (χ1n) is 6.00. The van der Waals surface area contributed by atoms with Gasteiger partial charge in [-0.05, 0) is 18.9 Å². The Bertz CT molecular complexity index is 490. The Morgan fingerprint density at radius 2 is 2.12 bits per heavy atom. The van der Waals surface area contributed by atoms with E-state index in [1.54, 1.807) is 0 Å². The fraction of sp³-hybridized carbons (Fsp3) is 0.357. The SMILES string of the molecule is CCCC(N)c1cc(-c2ccccc2C)no1. The summed E-state index contributed by atoms with van der Waals surface area (Å²) in [6.07, 6.45) is 1.96. The average molecular weight is 230 g/mol. The van der Waals surface area contributed by atoms with E-state index in [4.69, 9.17) is 10.3 Å². The van der Waals surface area contributed by atoms with Crippen molar-refractivity contribution in [1.29, 1.82) is 0 Å². The highest BCUT2D eigenvalue weighted by Gasteiger charge is 2.13. The third kappa shape index (κ3) is 2.56. The molecule has 0 fully saturated rings. The smallest absolute Gasteiger partial charge is 0.154 e. The van der Waals surface area contributed by atoms with Gasteiger partial charge in [0.1, 0.15) is 5.69 Å². The summed E-state index contributed by atoms with van der Waals surface area (Å²) in [5, 5.41) is 4.10. The number of nitrogens with two attached hydrogens (primary N) is 1. The van der Waals surface area contributed by atoms with E-state index in [1.807, 2.05) is 24.3 Å². The molecular formula is C14H18N2O. The Hall–Kier alpha value is -1.61. The first kappa shape index (κ1) is 11.9. The van der Waals surface area contributed by atoms with Crippen molar-refractivity contribution in [2.45, 2.75) is 32.7 Å². The van der Waals surface area contributed by atoms with Crippen LogP contribution in [0.3, 0.4) is 0 Å². The maximum atomic E-state index is 6.00. The van der Waals surface area contributed by atoms with Gasteiger partial charge in [0.05, 0.1) is 6.04 Å². The number of rotatable bonds is 4. The summed E-state index contributed by atoms with van der Waals surface area (Å²) < 4.78 is 5.31. The van der Waals surface area contributed by atoms with E-state index in [0.29, 0.717) is 0 Å². The molecule has 0 aliphatic carbocycles. The minimum absolute atomic E-state index is 0.0507. The van der Waals surface area contributed by atoms with Crippen molar-refractivity contribution in [2.75, 3.05) is 0 Å². The molecule has 0 saturated heterocycles. The molecule has 0 aliphatic heterocycles. The third-order valence-electron chi connectivity index (χ3n) is 2.91. The van der Waals surface area contributed by atoms with E-state index in [0.717, 1.165) is 29.9 Å². The molecule has 90 valence electrons. The zero-order chi connectivity index (χ0) is 12.3. The van der Waals surface area contributed by atoms with Gasteiger partial charge >= 0.3 is 0 Å². The van der Waals surface area contributed by atoms with Crippen LogP contribution in [0.2, 0.25) is 0 Å². The van der Waals surface area contributed by atoms with Gasteiger partial charge < -0.3 is 10.3 Å². The molecule has 3 nitrogen and oxygen atoms in total. The van der Waals surface area contributed by atoms with Crippen molar-refractivity contribution in [3.63, 3.8) is 0 Å². The van der Waals surface area contributed by atoms with Crippen LogP contribution in [-0.4, -0.2) is 5.16 Å². The molecule has 0 bridgehead atoms. The van der Waals surface area contributed by atoms with Gasteiger partial charge in [-0.25, -0.2) is 0 Å². The second-order valence-electron chi connectivity index (χ2n) is 4.32. The van der Waals surface area contributed by atoms with E-state index in [9.17, 15) is 0 Å². The number of benzene rings is 1. The minimum Gasteiger partial charge on any atom is -0.359 e. The van der Waals surface area contributed by atoms with E-state index in [2.05, 4.69) is 25.1 Å². The van der Waals surface area contributed by atoms with E-state index in [1.165, 1.54) is 5.56 Å². The first-order valence-corrected chi connectivity index (χ1v) is 6.00. The van der Waals surface area contributed by atoms with E-state index >= 15 is 0 Å². The standard InChI is InChI=1S/C14H18N2O/c1-3-6-12(15)14-9-13(16-17-14)11-8-5-4-7-10(11)2/h4-5,7-9,12H,3,6,15H2,1-2H3. The zero-order valence-corrected chi connectivity index (χ0v) is 10.3. The van der Waals surface area contributed by atoms with Gasteiger partial charge in [-0.15, -0.1) is 0 Å². The summed E-state index contributed by atoms with van der Waals surface area (Å²) in [5.74, 6) is 0.769. The Labute approximate surface area is 102 Å². The first-order chi connectivity index (χ1) is 8.22. The van der Waals surface area contributed by atoms with Crippen LogP contribution in [0.4, 0.5) is 0 Å². The molecule has 1 atom stereocenters. The summed E-state index contributed by atoms with van der Waals surface area (Å²) in [5.41, 5.74) is 9.16. The Morgan fingerprint density at radius 1 is 1.35 bits per heavy atom. The van der Waals surface area contributed by atoms with E-state index < -0.39 is 0 Å². The molecule has 2 rings (SSSR count). The van der Waals surface area contributed by atoms with Crippen LogP contribution in [0.1, 0.15) is 37.1 Å². The lowest BCUT2D eigenvalue weighted by atomic mass is 10.0. The molecule has 1 aromatic heterocycles. The monoisotopic (exact) mass is 230 g/mol. The van der Waals surface area contributed by atoms with Crippen molar-refractivity contribution in [2.24, 2.45) is 5.73 Å². The second-order valence-corrected chi connectivity index (χ2v) is 4.32. The molecule has 1 unspecified atom stereocenters. The number of aryl methyl sites for hydroxylation is 1. The molecule has 3 heteroatoms. The zero-order valence-electron chi connectivity index (χ0n) is 10.3. The van der Waals surface area contributed by atoms with Crippen molar-refractivity contribution in [1.82, 2.24) is 5.16 Å². The Morgan fingerprint density at radius 3 is 2.82 bits per heavy atom. The number of nitrogens with zero attached hydrogens (tertiary/aromatic N) is 1. The number of hydrogen-bond donors (Lipinski definition) is 1. The second kappa shape index (κ2) is 5.15. The van der Waals surface area contributed by atoms with Gasteiger partial charge in [0, 0.05) is 11.6 Å². The predicted molar refractivity (Wildman–Crippen MR) is 68.5 cm³/mol. The van der Waals surface area contributed by atoms with Crippen molar-refractivity contribution in [3.05, 3.63) is 41.7 Å². The summed E-state index contributed by atoms with van der Waals surface area (Å²) in [6, 6.07) is 10.0. The topological polar surface area (TPSA) is 52.0 Å². The molecule has 0 radical (unpaired) electrons. The summed E-state index contributed by atoms with van der Waals surface area (Å²) in [7, 11) is 0. The fourth-order valence-corrected chi connectivity index (χ4v) is 1.90. The highest BCUT2D eigenvalue weighted by Crippen LogP contribution is 2.25. The van der Waals surface area contributed by atoms with Crippen LogP contribution in [-0.2, 0) is 0 Å². The van der Waals surface area contributed by atoms with Crippen LogP contribution in [0.25, 0.3) is 11.3 Å². The van der Waals surface area contributed by atoms with Gasteiger partial charge in [-0.2, -0.15) is 0 Å². The molecule has 1 aromatic carbocycles. The quantitative estimate of drug-likeness (QED) is 0.875. The predicted octanol–water partition coefficient (Wildman–Crippen LogP) is 3.45. The normalized spacial score (nSPS) is 12.6. The number of aromatic nitrogens is 1. The Kier molecular flexibility index (Phi) is 3.59. The molecule has 2 aromatic rings. The number of hydrogen-bond acceptors (Lipinski definition) is 3. The minimum atomic E-state index is -0.0507. The third-order valence-corrected chi connectivity index (χ3v) is 2.91. The molecule has 1 heterocycles. The van der Waals surface area contributed by atoms with Crippen molar-refractivity contribution >= 4 is 0 Å². The van der Waals surface area contributed by atoms with Crippen LogP contribution >= 0.6 is 0 Å². The molecule has 17 heavy (non-hydrogen) atoms. The molecular weight excluding hydrogens is 212 g/mol. The van der Waals surface area contributed by atoms with E-state index in [-0.39, 0.29) is 6.04 Å². The fourth-order valence-electron chi connectivity index (χ4n) is 1.90. The largest absolute Gasteiger partial charge is 0.359 e. The highest BCUT2D eigenvalue weighted by atomic mass is 16.5. The molecule has 0 aliphatic rings. The van der Waals surface area contributed by atoms with Gasteiger partial charge in [0.25, 0.3) is 0 Å². The van der Waals surface area contributed by atoms with Gasteiger partial charge in [0.2, 0.25) is 0 Å². The van der Waals surface area contributed by atoms with Gasteiger partial charge in [-0.1, -0.05) is 42.8 Å². The summed E-state index contributed by atoms with van der Waals surface area (Å²) >= 11 is 0. The van der Waals surface area contributed by atoms with Crippen LogP contribution < -0.4 is 5.73 Å². The molecule has 0 amide bonds. The van der Waals surface area contributed by atoms with Crippen molar-refractivity contribution < 1.29 is 4.52 Å². The van der Waals surface area contributed by atoms with Crippen LogP contribution in [0.15, 0.2) is 34.9 Å².